The molecule has 2 rings (SSSR count). The Labute approximate surface area is 138 Å². The van der Waals surface area contributed by atoms with Gasteiger partial charge in [-0.3, -0.25) is 14.5 Å². The van der Waals surface area contributed by atoms with Gasteiger partial charge in [0, 0.05) is 26.0 Å². The van der Waals surface area contributed by atoms with Crippen LogP contribution >= 0.6 is 11.3 Å². The number of anilines is 1. The van der Waals surface area contributed by atoms with Crippen LogP contribution in [0.4, 0.5) is 9.93 Å². The lowest BCUT2D eigenvalue weighted by Gasteiger charge is -2.11. The van der Waals surface area contributed by atoms with E-state index in [-0.39, 0.29) is 18.2 Å². The van der Waals surface area contributed by atoms with E-state index < -0.39 is 12.1 Å². The van der Waals surface area contributed by atoms with Gasteiger partial charge >= 0.3 is 6.03 Å². The Morgan fingerprint density at radius 2 is 2.22 bits per heavy atom. The van der Waals surface area contributed by atoms with Gasteiger partial charge < -0.3 is 15.5 Å². The monoisotopic (exact) mass is 339 g/mol. The number of nitrogens with zero attached hydrogens (tertiary/aromatic N) is 3. The van der Waals surface area contributed by atoms with Gasteiger partial charge in [-0.15, -0.1) is 11.3 Å². The molecule has 0 aliphatic carbocycles. The fourth-order valence-corrected chi connectivity index (χ4v) is 2.94. The highest BCUT2D eigenvalue weighted by Gasteiger charge is 2.38. The second kappa shape index (κ2) is 7.40. The summed E-state index contributed by atoms with van der Waals surface area (Å²) in [4.78, 5) is 43.1. The molecule has 2 heterocycles. The summed E-state index contributed by atoms with van der Waals surface area (Å²) in [5.74, 6) is -0.628. The minimum absolute atomic E-state index is 0.0601. The van der Waals surface area contributed by atoms with E-state index in [0.717, 1.165) is 15.7 Å². The summed E-state index contributed by atoms with van der Waals surface area (Å²) < 4.78 is 0. The van der Waals surface area contributed by atoms with Crippen LogP contribution in [0.5, 0.6) is 0 Å². The quantitative estimate of drug-likeness (QED) is 0.707. The number of aromatic nitrogens is 1. The zero-order valence-electron chi connectivity index (χ0n) is 13.5. The van der Waals surface area contributed by atoms with Crippen molar-refractivity contribution in [3.63, 3.8) is 0 Å². The lowest BCUT2D eigenvalue weighted by Crippen LogP contribution is -2.36. The highest BCUT2D eigenvalue weighted by atomic mass is 32.1. The molecule has 0 radical (unpaired) electrons. The lowest BCUT2D eigenvalue weighted by molar-refractivity contribution is -0.130. The van der Waals surface area contributed by atoms with E-state index in [1.807, 2.05) is 31.3 Å². The van der Waals surface area contributed by atoms with E-state index >= 15 is 0 Å². The molecule has 1 saturated heterocycles. The van der Waals surface area contributed by atoms with Crippen molar-refractivity contribution in [1.82, 2.24) is 20.5 Å². The maximum atomic E-state index is 12.0. The van der Waals surface area contributed by atoms with Crippen molar-refractivity contribution in [3.8, 4) is 0 Å². The van der Waals surface area contributed by atoms with Crippen LogP contribution in [0, 0.1) is 0 Å². The Balaban J connectivity index is 1.83. The first-order valence-corrected chi connectivity index (χ1v) is 8.30. The fourth-order valence-electron chi connectivity index (χ4n) is 2.18. The predicted molar refractivity (Wildman–Crippen MR) is 87.2 cm³/mol. The van der Waals surface area contributed by atoms with Crippen molar-refractivity contribution in [2.24, 2.45) is 0 Å². The van der Waals surface area contributed by atoms with E-state index in [0.29, 0.717) is 19.5 Å². The van der Waals surface area contributed by atoms with Gasteiger partial charge in [-0.05, 0) is 6.42 Å². The molecule has 2 N–H and O–H groups in total. The number of rotatable bonds is 7. The molecule has 1 fully saturated rings. The third-order valence-corrected chi connectivity index (χ3v) is 4.39. The van der Waals surface area contributed by atoms with E-state index in [2.05, 4.69) is 15.6 Å². The van der Waals surface area contributed by atoms with Crippen molar-refractivity contribution < 1.29 is 14.4 Å². The largest absolute Gasteiger partial charge is 0.354 e. The Bertz CT molecular complexity index is 601. The molecule has 1 aromatic heterocycles. The average Bonchev–Trinajstić information content (AvgIpc) is 3.06. The van der Waals surface area contributed by atoms with Gasteiger partial charge in [-0.2, -0.15) is 0 Å². The van der Waals surface area contributed by atoms with Gasteiger partial charge in [0.25, 0.3) is 5.91 Å². The normalized spacial score (nSPS) is 17.3. The first-order chi connectivity index (χ1) is 10.9. The fraction of sp³-hybridized carbons (Fsp3) is 0.571. The molecule has 126 valence electrons. The van der Waals surface area contributed by atoms with Gasteiger partial charge in [0.1, 0.15) is 6.04 Å². The molecule has 8 nitrogen and oxygen atoms in total. The van der Waals surface area contributed by atoms with Gasteiger partial charge in [0.2, 0.25) is 5.91 Å². The first-order valence-electron chi connectivity index (χ1n) is 7.42. The van der Waals surface area contributed by atoms with E-state index in [1.165, 1.54) is 11.3 Å². The molecule has 1 aliphatic rings. The van der Waals surface area contributed by atoms with Crippen LogP contribution in [0.3, 0.4) is 0 Å². The number of hydrogen-bond donors (Lipinski definition) is 2. The summed E-state index contributed by atoms with van der Waals surface area (Å²) in [7, 11) is 3.80. The van der Waals surface area contributed by atoms with Crippen LogP contribution in [0.2, 0.25) is 0 Å². The Hall–Kier alpha value is -2.16. The molecule has 0 spiro atoms. The molecule has 0 bridgehead atoms. The number of carbonyl (C=O) groups is 3. The van der Waals surface area contributed by atoms with Gasteiger partial charge in [0.15, 0.2) is 5.13 Å². The predicted octanol–water partition coefficient (Wildman–Crippen LogP) is 0.546. The van der Waals surface area contributed by atoms with Gasteiger partial charge in [-0.1, -0.05) is 6.92 Å². The average molecular weight is 339 g/mol. The van der Waals surface area contributed by atoms with E-state index in [1.54, 1.807) is 0 Å². The molecule has 1 atom stereocenters. The summed E-state index contributed by atoms with van der Waals surface area (Å²) in [5.41, 5.74) is 0.765. The molecule has 1 aromatic rings. The standard InChI is InChI=1S/C14H21N5O3S/c1-4-5-19-12(21)10(17-13(19)22)6-11(20)15-7-9-8-23-14(16-9)18(2)3/h8,10H,4-7H2,1-3H3,(H,15,20)(H,17,22)/t10-/m0/s1. The Kier molecular flexibility index (Phi) is 5.54. The molecular formula is C14H21N5O3S. The van der Waals surface area contributed by atoms with Crippen molar-refractivity contribution in [3.05, 3.63) is 11.1 Å². The van der Waals surface area contributed by atoms with Crippen molar-refractivity contribution >= 4 is 34.3 Å². The number of nitrogens with one attached hydrogen (secondary N) is 2. The highest BCUT2D eigenvalue weighted by Crippen LogP contribution is 2.17. The maximum Gasteiger partial charge on any atom is 0.324 e. The summed E-state index contributed by atoms with van der Waals surface area (Å²) >= 11 is 1.49. The minimum Gasteiger partial charge on any atom is -0.354 e. The summed E-state index contributed by atoms with van der Waals surface area (Å²) in [6.07, 6.45) is 0.631. The highest BCUT2D eigenvalue weighted by molar-refractivity contribution is 7.13. The summed E-state index contributed by atoms with van der Waals surface area (Å²) in [6.45, 7) is 2.56. The zero-order chi connectivity index (χ0) is 17.0. The van der Waals surface area contributed by atoms with Crippen LogP contribution in [0.15, 0.2) is 5.38 Å². The number of urea groups is 1. The SMILES string of the molecule is CCCN1C(=O)N[C@@H](CC(=O)NCc2csc(N(C)C)n2)C1=O. The number of hydrogen-bond acceptors (Lipinski definition) is 6. The van der Waals surface area contributed by atoms with Crippen molar-refractivity contribution in [2.45, 2.75) is 32.4 Å². The lowest BCUT2D eigenvalue weighted by atomic mass is 10.2. The number of thiazole rings is 1. The molecule has 0 aromatic carbocycles. The third kappa shape index (κ3) is 4.19. The summed E-state index contributed by atoms with van der Waals surface area (Å²) in [5, 5.41) is 8.01. The van der Waals surface area contributed by atoms with E-state index in [4.69, 9.17) is 0 Å². The van der Waals surface area contributed by atoms with Crippen LogP contribution < -0.4 is 15.5 Å². The van der Waals surface area contributed by atoms with Gasteiger partial charge in [-0.25, -0.2) is 9.78 Å². The Morgan fingerprint density at radius 3 is 2.83 bits per heavy atom. The molecular weight excluding hydrogens is 318 g/mol. The topological polar surface area (TPSA) is 94.6 Å². The summed E-state index contributed by atoms with van der Waals surface area (Å²) in [6, 6.07) is -1.20. The second-order valence-electron chi connectivity index (χ2n) is 5.49. The van der Waals surface area contributed by atoms with Crippen LogP contribution in [0.25, 0.3) is 0 Å². The molecule has 4 amide bonds. The number of amides is 4. The molecule has 9 heteroatoms. The third-order valence-electron chi connectivity index (χ3n) is 3.33. The van der Waals surface area contributed by atoms with Crippen molar-refractivity contribution in [2.75, 3.05) is 25.5 Å². The van der Waals surface area contributed by atoms with Crippen molar-refractivity contribution in [1.29, 1.82) is 0 Å². The van der Waals surface area contributed by atoms with E-state index in [9.17, 15) is 14.4 Å². The van der Waals surface area contributed by atoms with Crippen LogP contribution in [0.1, 0.15) is 25.5 Å². The van der Waals surface area contributed by atoms with Crippen LogP contribution in [-0.2, 0) is 16.1 Å². The zero-order valence-corrected chi connectivity index (χ0v) is 14.3. The Morgan fingerprint density at radius 1 is 1.48 bits per heavy atom. The second-order valence-corrected chi connectivity index (χ2v) is 6.33. The molecule has 23 heavy (non-hydrogen) atoms. The molecule has 0 unspecified atom stereocenters. The minimum atomic E-state index is -0.776. The van der Waals surface area contributed by atoms with Gasteiger partial charge in [0.05, 0.1) is 18.7 Å². The van der Waals surface area contributed by atoms with Crippen LogP contribution in [-0.4, -0.2) is 54.4 Å². The maximum absolute atomic E-state index is 12.0. The first kappa shape index (κ1) is 17.2. The number of carbonyl (C=O) groups excluding carboxylic acids is 3. The smallest absolute Gasteiger partial charge is 0.324 e. The molecule has 0 saturated carbocycles. The molecule has 1 aliphatic heterocycles. The number of imide groups is 1.